The van der Waals surface area contributed by atoms with Crippen molar-refractivity contribution < 1.29 is 4.39 Å². The number of aromatic nitrogens is 1. The normalized spacial score (nSPS) is 17.4. The van der Waals surface area contributed by atoms with Gasteiger partial charge < -0.3 is 9.88 Å². The molecule has 2 heterocycles. The van der Waals surface area contributed by atoms with Gasteiger partial charge in [0.15, 0.2) is 0 Å². The maximum absolute atomic E-state index is 14.0. The summed E-state index contributed by atoms with van der Waals surface area (Å²) in [5.74, 6) is -0.113. The van der Waals surface area contributed by atoms with Crippen LogP contribution >= 0.6 is 0 Å². The van der Waals surface area contributed by atoms with Crippen molar-refractivity contribution in [2.24, 2.45) is 7.05 Å². The summed E-state index contributed by atoms with van der Waals surface area (Å²) < 4.78 is 16.0. The number of aryl methyl sites for hydroxylation is 1. The summed E-state index contributed by atoms with van der Waals surface area (Å²) in [5.41, 5.74) is 2.06. The van der Waals surface area contributed by atoms with Crippen LogP contribution in [-0.2, 0) is 13.6 Å². The molecule has 1 aromatic heterocycles. The first-order valence-electron chi connectivity index (χ1n) is 6.41. The van der Waals surface area contributed by atoms with Gasteiger partial charge in [0.05, 0.1) is 5.52 Å². The average molecular weight is 247 g/mol. The number of hydrogen-bond donors (Lipinski definition) is 1. The van der Waals surface area contributed by atoms with E-state index < -0.39 is 0 Å². The van der Waals surface area contributed by atoms with Gasteiger partial charge in [0.25, 0.3) is 0 Å². The number of rotatable bonds is 2. The molecule has 0 atom stereocenters. The maximum Gasteiger partial charge on any atom is 0.132 e. The molecule has 0 unspecified atom stereocenters. The largest absolute Gasteiger partial charge is 0.350 e. The van der Waals surface area contributed by atoms with Crippen LogP contribution in [0.25, 0.3) is 10.9 Å². The van der Waals surface area contributed by atoms with Crippen LogP contribution in [0.5, 0.6) is 0 Å². The van der Waals surface area contributed by atoms with Gasteiger partial charge in [-0.2, -0.15) is 0 Å². The van der Waals surface area contributed by atoms with Gasteiger partial charge in [-0.25, -0.2) is 4.39 Å². The van der Waals surface area contributed by atoms with Gasteiger partial charge in [-0.3, -0.25) is 4.90 Å². The Bertz CT molecular complexity index is 555. The summed E-state index contributed by atoms with van der Waals surface area (Å²) in [5, 5.41) is 4.11. The average Bonchev–Trinajstić information content (AvgIpc) is 2.69. The van der Waals surface area contributed by atoms with Crippen LogP contribution in [0.15, 0.2) is 24.4 Å². The molecular weight excluding hydrogens is 229 g/mol. The van der Waals surface area contributed by atoms with Gasteiger partial charge >= 0.3 is 0 Å². The minimum absolute atomic E-state index is 0.113. The molecule has 1 fully saturated rings. The molecule has 3 nitrogen and oxygen atoms in total. The number of hydrogen-bond acceptors (Lipinski definition) is 2. The SMILES string of the molecule is Cn1cc(CN2CCNCC2)c2c(F)cccc21. The lowest BCUT2D eigenvalue weighted by Crippen LogP contribution is -2.42. The minimum Gasteiger partial charge on any atom is -0.350 e. The van der Waals surface area contributed by atoms with Crippen LogP contribution in [0.4, 0.5) is 4.39 Å². The van der Waals surface area contributed by atoms with E-state index in [4.69, 9.17) is 0 Å². The predicted octanol–water partition coefficient (Wildman–Crippen LogP) is 1.72. The summed E-state index contributed by atoms with van der Waals surface area (Å²) in [6, 6.07) is 5.29. The van der Waals surface area contributed by atoms with Gasteiger partial charge in [-0.05, 0) is 17.7 Å². The molecule has 0 amide bonds. The van der Waals surface area contributed by atoms with Gasteiger partial charge in [-0.15, -0.1) is 0 Å². The lowest BCUT2D eigenvalue weighted by atomic mass is 10.1. The quantitative estimate of drug-likeness (QED) is 0.872. The van der Waals surface area contributed by atoms with E-state index in [1.54, 1.807) is 12.1 Å². The molecule has 1 aromatic carbocycles. The molecule has 0 radical (unpaired) electrons. The van der Waals surface area contributed by atoms with E-state index in [0.717, 1.165) is 49.2 Å². The van der Waals surface area contributed by atoms with E-state index in [0.29, 0.717) is 0 Å². The molecule has 0 aliphatic carbocycles. The molecule has 1 N–H and O–H groups in total. The second kappa shape index (κ2) is 4.71. The van der Waals surface area contributed by atoms with E-state index in [2.05, 4.69) is 16.4 Å². The lowest BCUT2D eigenvalue weighted by Gasteiger charge is -2.26. The van der Waals surface area contributed by atoms with Crippen LogP contribution < -0.4 is 5.32 Å². The molecule has 2 aromatic rings. The van der Waals surface area contributed by atoms with Gasteiger partial charge in [0.2, 0.25) is 0 Å². The van der Waals surface area contributed by atoms with Crippen molar-refractivity contribution >= 4 is 10.9 Å². The third-order valence-corrected chi connectivity index (χ3v) is 3.65. The fraction of sp³-hybridized carbons (Fsp3) is 0.429. The zero-order valence-electron chi connectivity index (χ0n) is 10.6. The Morgan fingerprint density at radius 2 is 2.06 bits per heavy atom. The number of halogens is 1. The Kier molecular flexibility index (Phi) is 3.06. The molecule has 3 rings (SSSR count). The van der Waals surface area contributed by atoms with Crippen molar-refractivity contribution in [3.63, 3.8) is 0 Å². The predicted molar refractivity (Wildman–Crippen MR) is 71.0 cm³/mol. The van der Waals surface area contributed by atoms with Crippen LogP contribution in [0.1, 0.15) is 5.56 Å². The van der Waals surface area contributed by atoms with E-state index in [1.807, 2.05) is 17.7 Å². The molecule has 18 heavy (non-hydrogen) atoms. The Labute approximate surface area is 106 Å². The lowest BCUT2D eigenvalue weighted by molar-refractivity contribution is 0.234. The molecule has 1 aliphatic heterocycles. The fourth-order valence-electron chi connectivity index (χ4n) is 2.72. The highest BCUT2D eigenvalue weighted by molar-refractivity contribution is 5.84. The standard InChI is InChI=1S/C14H18FN3/c1-17-9-11(10-18-7-5-16-6-8-18)14-12(15)3-2-4-13(14)17/h2-4,9,16H,5-8,10H2,1H3. The van der Waals surface area contributed by atoms with Crippen LogP contribution in [0, 0.1) is 5.82 Å². The van der Waals surface area contributed by atoms with Gasteiger partial charge in [-0.1, -0.05) is 6.07 Å². The van der Waals surface area contributed by atoms with Crippen LogP contribution in [0.3, 0.4) is 0 Å². The molecule has 1 saturated heterocycles. The second-order valence-electron chi connectivity index (χ2n) is 4.93. The van der Waals surface area contributed by atoms with Crippen LogP contribution in [0.2, 0.25) is 0 Å². The smallest absolute Gasteiger partial charge is 0.132 e. The third kappa shape index (κ3) is 2.02. The van der Waals surface area contributed by atoms with Crippen molar-refractivity contribution in [3.05, 3.63) is 35.8 Å². The topological polar surface area (TPSA) is 20.2 Å². The van der Waals surface area contributed by atoms with E-state index in [9.17, 15) is 4.39 Å². The minimum atomic E-state index is -0.113. The Hall–Kier alpha value is -1.39. The molecule has 0 bridgehead atoms. The van der Waals surface area contributed by atoms with E-state index in [-0.39, 0.29) is 5.82 Å². The highest BCUT2D eigenvalue weighted by Gasteiger charge is 2.15. The van der Waals surface area contributed by atoms with Crippen molar-refractivity contribution in [2.75, 3.05) is 26.2 Å². The Morgan fingerprint density at radius 1 is 1.28 bits per heavy atom. The molecule has 0 spiro atoms. The zero-order chi connectivity index (χ0) is 12.5. The number of nitrogens with one attached hydrogen (secondary N) is 1. The maximum atomic E-state index is 14.0. The first-order valence-corrected chi connectivity index (χ1v) is 6.41. The molecule has 4 heteroatoms. The van der Waals surface area contributed by atoms with Crippen molar-refractivity contribution in [2.45, 2.75) is 6.54 Å². The molecular formula is C14H18FN3. The highest BCUT2D eigenvalue weighted by Crippen LogP contribution is 2.24. The number of nitrogens with zero attached hydrogens (tertiary/aromatic N) is 2. The fourth-order valence-corrected chi connectivity index (χ4v) is 2.72. The summed E-state index contributed by atoms with van der Waals surface area (Å²) >= 11 is 0. The van der Waals surface area contributed by atoms with E-state index >= 15 is 0 Å². The van der Waals surface area contributed by atoms with Gasteiger partial charge in [0, 0.05) is 51.4 Å². The van der Waals surface area contributed by atoms with Gasteiger partial charge in [0.1, 0.15) is 5.82 Å². The number of fused-ring (bicyclic) bond motifs is 1. The molecule has 1 aliphatic rings. The van der Waals surface area contributed by atoms with Crippen LogP contribution in [-0.4, -0.2) is 35.6 Å². The summed E-state index contributed by atoms with van der Waals surface area (Å²) in [4.78, 5) is 2.37. The highest BCUT2D eigenvalue weighted by atomic mass is 19.1. The van der Waals surface area contributed by atoms with Crippen molar-refractivity contribution in [1.29, 1.82) is 0 Å². The first kappa shape index (κ1) is 11.7. The summed E-state index contributed by atoms with van der Waals surface area (Å²) in [6.07, 6.45) is 2.05. The van der Waals surface area contributed by atoms with E-state index in [1.165, 1.54) is 0 Å². The first-order chi connectivity index (χ1) is 8.75. The summed E-state index contributed by atoms with van der Waals surface area (Å²) in [6.45, 7) is 4.94. The number of piperazine rings is 1. The third-order valence-electron chi connectivity index (χ3n) is 3.65. The molecule has 0 saturated carbocycles. The zero-order valence-corrected chi connectivity index (χ0v) is 10.6. The van der Waals surface area contributed by atoms with Crippen molar-refractivity contribution in [3.8, 4) is 0 Å². The molecule has 96 valence electrons. The Morgan fingerprint density at radius 3 is 2.83 bits per heavy atom. The van der Waals surface area contributed by atoms with Crippen molar-refractivity contribution in [1.82, 2.24) is 14.8 Å². The second-order valence-corrected chi connectivity index (χ2v) is 4.93. The number of benzene rings is 1. The summed E-state index contributed by atoms with van der Waals surface area (Å²) in [7, 11) is 1.98. The monoisotopic (exact) mass is 247 g/mol. The Balaban J connectivity index is 1.96.